The van der Waals surface area contributed by atoms with Gasteiger partial charge >= 0.3 is 0 Å². The molecular formula is C28H30N2OS. The lowest BCUT2D eigenvalue weighted by atomic mass is 9.48. The molecule has 0 aliphatic heterocycles. The third-order valence-corrected chi connectivity index (χ3v) is 8.98. The maximum Gasteiger partial charge on any atom is 0.238 e. The van der Waals surface area contributed by atoms with Crippen LogP contribution in [0.5, 0.6) is 0 Å². The molecule has 1 amide bonds. The number of nitrogens with one attached hydrogen (secondary N) is 1. The van der Waals surface area contributed by atoms with Crippen LogP contribution in [0.1, 0.15) is 66.1 Å². The molecule has 164 valence electrons. The van der Waals surface area contributed by atoms with E-state index in [1.165, 1.54) is 49.1 Å². The average Bonchev–Trinajstić information content (AvgIpc) is 3.15. The Morgan fingerprint density at radius 1 is 0.906 bits per heavy atom. The Kier molecular flexibility index (Phi) is 4.94. The highest BCUT2D eigenvalue weighted by atomic mass is 32.1. The molecule has 4 aliphatic carbocycles. The van der Waals surface area contributed by atoms with Crippen molar-refractivity contribution in [1.29, 1.82) is 0 Å². The second-order valence-corrected chi connectivity index (χ2v) is 11.6. The van der Waals surface area contributed by atoms with Gasteiger partial charge in [-0.3, -0.25) is 4.79 Å². The quantitative estimate of drug-likeness (QED) is 0.478. The standard InChI is InChI=1S/C28H30N2OS/c1-18-25(28-15-19-12-20(16-28)14-21(13-19)17-28)29-27(32-18)30-26(31)24(22-8-4-2-5-9-22)23-10-6-3-7-11-23/h2-11,19-21,24H,12-17H2,1H3,(H,29,30,31). The summed E-state index contributed by atoms with van der Waals surface area (Å²) < 4.78 is 0. The minimum Gasteiger partial charge on any atom is -0.301 e. The topological polar surface area (TPSA) is 42.0 Å². The smallest absolute Gasteiger partial charge is 0.238 e. The van der Waals surface area contributed by atoms with Gasteiger partial charge in [0.1, 0.15) is 0 Å². The molecule has 7 rings (SSSR count). The summed E-state index contributed by atoms with van der Waals surface area (Å²) in [5, 5.41) is 3.96. The fourth-order valence-electron chi connectivity index (χ4n) is 7.31. The third kappa shape index (κ3) is 3.49. The molecule has 0 atom stereocenters. The van der Waals surface area contributed by atoms with Gasteiger partial charge in [0.15, 0.2) is 5.13 Å². The summed E-state index contributed by atoms with van der Waals surface area (Å²) in [6.07, 6.45) is 8.19. The first-order chi connectivity index (χ1) is 15.6. The van der Waals surface area contributed by atoms with Crippen molar-refractivity contribution in [2.45, 2.75) is 56.8 Å². The Labute approximate surface area is 194 Å². The van der Waals surface area contributed by atoms with Gasteiger partial charge in [0.05, 0.1) is 11.6 Å². The molecule has 32 heavy (non-hydrogen) atoms. The van der Waals surface area contributed by atoms with Crippen molar-refractivity contribution in [2.24, 2.45) is 17.8 Å². The molecule has 3 nitrogen and oxygen atoms in total. The Morgan fingerprint density at radius 3 is 1.91 bits per heavy atom. The van der Waals surface area contributed by atoms with Crippen molar-refractivity contribution in [3.05, 3.63) is 82.4 Å². The van der Waals surface area contributed by atoms with Gasteiger partial charge in [-0.15, -0.1) is 11.3 Å². The number of hydrogen-bond donors (Lipinski definition) is 1. The molecule has 1 heterocycles. The molecule has 4 saturated carbocycles. The number of anilines is 1. The summed E-state index contributed by atoms with van der Waals surface area (Å²) in [6.45, 7) is 2.20. The van der Waals surface area contributed by atoms with Crippen LogP contribution in [0.3, 0.4) is 0 Å². The number of carbonyl (C=O) groups excluding carboxylic acids is 1. The van der Waals surface area contributed by atoms with Crippen LogP contribution < -0.4 is 5.32 Å². The van der Waals surface area contributed by atoms with Gasteiger partial charge in [-0.1, -0.05) is 60.7 Å². The second-order valence-electron chi connectivity index (χ2n) is 10.4. The summed E-state index contributed by atoms with van der Waals surface area (Å²) in [5.74, 6) is 2.32. The molecule has 4 bridgehead atoms. The molecular weight excluding hydrogens is 412 g/mol. The van der Waals surface area contributed by atoms with Crippen LogP contribution >= 0.6 is 11.3 Å². The van der Waals surface area contributed by atoms with E-state index in [4.69, 9.17) is 4.98 Å². The lowest BCUT2D eigenvalue weighted by molar-refractivity contribution is -0.116. The molecule has 4 fully saturated rings. The van der Waals surface area contributed by atoms with Gasteiger partial charge in [-0.05, 0) is 74.3 Å². The Balaban J connectivity index is 1.29. The first-order valence-corrected chi connectivity index (χ1v) is 12.8. The fourth-order valence-corrected chi connectivity index (χ4v) is 8.24. The molecule has 4 heteroatoms. The van der Waals surface area contributed by atoms with Crippen LogP contribution in [0.15, 0.2) is 60.7 Å². The second kappa shape index (κ2) is 7.84. The normalized spacial score (nSPS) is 28.2. The number of aromatic nitrogens is 1. The summed E-state index contributed by atoms with van der Waals surface area (Å²) in [6, 6.07) is 20.1. The number of hydrogen-bond acceptors (Lipinski definition) is 3. The first-order valence-electron chi connectivity index (χ1n) is 12.0. The van der Waals surface area contributed by atoms with Crippen LogP contribution in [0.25, 0.3) is 0 Å². The van der Waals surface area contributed by atoms with E-state index in [1.54, 1.807) is 11.3 Å². The molecule has 1 aromatic heterocycles. The predicted molar refractivity (Wildman–Crippen MR) is 130 cm³/mol. The van der Waals surface area contributed by atoms with E-state index in [-0.39, 0.29) is 17.2 Å². The van der Waals surface area contributed by atoms with E-state index in [0.717, 1.165) is 34.0 Å². The highest BCUT2D eigenvalue weighted by molar-refractivity contribution is 7.15. The van der Waals surface area contributed by atoms with Gasteiger partial charge in [-0.25, -0.2) is 4.98 Å². The van der Waals surface area contributed by atoms with Crippen molar-refractivity contribution in [3.63, 3.8) is 0 Å². The van der Waals surface area contributed by atoms with Crippen molar-refractivity contribution >= 4 is 22.4 Å². The van der Waals surface area contributed by atoms with Crippen molar-refractivity contribution in [3.8, 4) is 0 Å². The molecule has 0 unspecified atom stereocenters. The van der Waals surface area contributed by atoms with Gasteiger partial charge in [0, 0.05) is 10.3 Å². The zero-order valence-electron chi connectivity index (χ0n) is 18.6. The maximum atomic E-state index is 13.5. The SMILES string of the molecule is Cc1sc(NC(=O)C(c2ccccc2)c2ccccc2)nc1C12CC3CC(CC(C3)C1)C2. The molecule has 4 aliphatic rings. The average molecular weight is 443 g/mol. The van der Waals surface area contributed by atoms with Crippen LogP contribution in [-0.4, -0.2) is 10.9 Å². The van der Waals surface area contributed by atoms with Crippen LogP contribution in [0.4, 0.5) is 5.13 Å². The molecule has 0 saturated heterocycles. The maximum absolute atomic E-state index is 13.5. The number of benzene rings is 2. The number of rotatable bonds is 5. The molecule has 2 aromatic carbocycles. The molecule has 0 spiro atoms. The van der Waals surface area contributed by atoms with E-state index in [0.29, 0.717) is 0 Å². The monoisotopic (exact) mass is 442 g/mol. The van der Waals surface area contributed by atoms with Gasteiger partial charge in [-0.2, -0.15) is 0 Å². The van der Waals surface area contributed by atoms with E-state index in [9.17, 15) is 4.79 Å². The summed E-state index contributed by atoms with van der Waals surface area (Å²) in [4.78, 5) is 19.9. The van der Waals surface area contributed by atoms with Gasteiger partial charge in [0.25, 0.3) is 0 Å². The fraction of sp³-hybridized carbons (Fsp3) is 0.429. The van der Waals surface area contributed by atoms with Crippen LogP contribution in [0.2, 0.25) is 0 Å². The minimum atomic E-state index is -0.343. The van der Waals surface area contributed by atoms with Gasteiger partial charge < -0.3 is 5.32 Å². The van der Waals surface area contributed by atoms with Crippen molar-refractivity contribution < 1.29 is 4.79 Å². The summed E-state index contributed by atoms with van der Waals surface area (Å²) >= 11 is 1.66. The first kappa shape index (κ1) is 20.2. The van der Waals surface area contributed by atoms with Crippen molar-refractivity contribution in [2.75, 3.05) is 5.32 Å². The molecule has 0 radical (unpaired) electrons. The molecule has 3 aromatic rings. The number of amides is 1. The zero-order valence-corrected chi connectivity index (χ0v) is 19.4. The predicted octanol–water partition coefficient (Wildman–Crippen LogP) is 6.69. The molecule has 1 N–H and O–H groups in total. The lowest BCUT2D eigenvalue weighted by Crippen LogP contribution is -2.49. The van der Waals surface area contributed by atoms with Crippen LogP contribution in [0, 0.1) is 24.7 Å². The minimum absolute atomic E-state index is 0.00629. The largest absolute Gasteiger partial charge is 0.301 e. The number of nitrogens with zero attached hydrogens (tertiary/aromatic N) is 1. The van der Waals surface area contributed by atoms with E-state index in [1.807, 2.05) is 60.7 Å². The summed E-state index contributed by atoms with van der Waals surface area (Å²) in [5.41, 5.74) is 3.56. The van der Waals surface area contributed by atoms with E-state index in [2.05, 4.69) is 12.2 Å². The van der Waals surface area contributed by atoms with E-state index < -0.39 is 0 Å². The highest BCUT2D eigenvalue weighted by Gasteiger charge is 2.53. The van der Waals surface area contributed by atoms with Crippen molar-refractivity contribution in [1.82, 2.24) is 4.98 Å². The third-order valence-electron chi connectivity index (χ3n) is 8.10. The highest BCUT2D eigenvalue weighted by Crippen LogP contribution is 2.61. The Hall–Kier alpha value is -2.46. The zero-order chi connectivity index (χ0) is 21.7. The number of thiazole rings is 1. The summed E-state index contributed by atoms with van der Waals surface area (Å²) in [7, 11) is 0. The number of carbonyl (C=O) groups is 1. The lowest BCUT2D eigenvalue weighted by Gasteiger charge is -2.56. The Bertz CT molecular complexity index is 1050. The van der Waals surface area contributed by atoms with E-state index >= 15 is 0 Å². The number of aryl methyl sites for hydroxylation is 1. The van der Waals surface area contributed by atoms with Gasteiger partial charge in [0.2, 0.25) is 5.91 Å². The van der Waals surface area contributed by atoms with Crippen LogP contribution in [-0.2, 0) is 10.2 Å². The Morgan fingerprint density at radius 2 is 1.41 bits per heavy atom.